The summed E-state index contributed by atoms with van der Waals surface area (Å²) in [6, 6.07) is 9.09. The summed E-state index contributed by atoms with van der Waals surface area (Å²) in [6.45, 7) is 3.93. The maximum absolute atomic E-state index is 12.7. The van der Waals surface area contributed by atoms with Gasteiger partial charge in [-0.05, 0) is 44.2 Å². The van der Waals surface area contributed by atoms with Crippen LogP contribution in [0.1, 0.15) is 18.4 Å². The molecule has 0 atom stereocenters. The van der Waals surface area contributed by atoms with Gasteiger partial charge in [0.05, 0.1) is 17.2 Å². The molecule has 2 heterocycles. The maximum Gasteiger partial charge on any atom is 0.284 e. The first kappa shape index (κ1) is 16.4. The molecule has 0 fully saturated rings. The van der Waals surface area contributed by atoms with Crippen LogP contribution in [0.25, 0.3) is 6.08 Å². The number of rotatable bonds is 4. The lowest BCUT2D eigenvalue weighted by molar-refractivity contribution is -0.384. The number of non-ortho nitro benzene ring substituents is 1. The topological polar surface area (TPSA) is 98.2 Å². The normalized spacial score (nSPS) is 15.6. The van der Waals surface area contributed by atoms with E-state index in [1.54, 1.807) is 32.1 Å². The number of hydrogen-bond donors (Lipinski definition) is 0. The minimum atomic E-state index is -0.505. The third kappa shape index (κ3) is 3.27. The van der Waals surface area contributed by atoms with Gasteiger partial charge in [-0.1, -0.05) is 0 Å². The molecule has 0 spiro atoms. The minimum Gasteiger partial charge on any atom is -0.476 e. The smallest absolute Gasteiger partial charge is 0.284 e. The van der Waals surface area contributed by atoms with E-state index < -0.39 is 10.8 Å². The second-order valence-electron chi connectivity index (χ2n) is 5.24. The van der Waals surface area contributed by atoms with Crippen molar-refractivity contribution in [3.8, 4) is 0 Å². The summed E-state index contributed by atoms with van der Waals surface area (Å²) in [5.74, 6) is 1.02. The molecule has 2 aromatic rings. The first-order chi connectivity index (χ1) is 12.0. The molecule has 0 N–H and O–H groups in total. The Morgan fingerprint density at radius 3 is 2.56 bits per heavy atom. The molecular weight excluding hydrogens is 326 g/mol. The fraction of sp³-hybridized carbons (Fsp3) is 0.176. The van der Waals surface area contributed by atoms with Crippen molar-refractivity contribution < 1.29 is 18.9 Å². The zero-order valence-corrected chi connectivity index (χ0v) is 13.6. The molecular formula is C17H15N3O5. The molecule has 128 valence electrons. The number of aryl methyl sites for hydroxylation is 1. The van der Waals surface area contributed by atoms with Gasteiger partial charge in [-0.15, -0.1) is 5.10 Å². The SMILES string of the molecule is CCOC1=NN(c2ccc([N+](=O)[O-])cc2)C(=O)/C1=C\c1ccc(C)o1. The Morgan fingerprint density at radius 1 is 1.28 bits per heavy atom. The maximum atomic E-state index is 12.7. The molecule has 0 radical (unpaired) electrons. The predicted molar refractivity (Wildman–Crippen MR) is 91.1 cm³/mol. The molecule has 1 aliphatic heterocycles. The molecule has 1 aliphatic rings. The van der Waals surface area contributed by atoms with E-state index in [9.17, 15) is 14.9 Å². The molecule has 0 bridgehead atoms. The summed E-state index contributed by atoms with van der Waals surface area (Å²) in [7, 11) is 0. The Bertz CT molecular complexity index is 880. The number of nitro groups is 1. The highest BCUT2D eigenvalue weighted by Crippen LogP contribution is 2.27. The number of nitrogens with zero attached hydrogens (tertiary/aromatic N) is 3. The van der Waals surface area contributed by atoms with Crippen LogP contribution in [0.3, 0.4) is 0 Å². The van der Waals surface area contributed by atoms with Gasteiger partial charge in [-0.3, -0.25) is 14.9 Å². The predicted octanol–water partition coefficient (Wildman–Crippen LogP) is 3.28. The summed E-state index contributed by atoms with van der Waals surface area (Å²) in [6.07, 6.45) is 1.56. The van der Waals surface area contributed by atoms with Crippen LogP contribution in [0, 0.1) is 17.0 Å². The lowest BCUT2D eigenvalue weighted by atomic mass is 10.2. The minimum absolute atomic E-state index is 0.0637. The fourth-order valence-electron chi connectivity index (χ4n) is 2.33. The lowest BCUT2D eigenvalue weighted by Crippen LogP contribution is -2.21. The second kappa shape index (κ2) is 6.60. The monoisotopic (exact) mass is 341 g/mol. The number of benzene rings is 1. The molecule has 1 aromatic carbocycles. The highest BCUT2D eigenvalue weighted by atomic mass is 16.6. The summed E-state index contributed by atoms with van der Waals surface area (Å²) in [5, 5.41) is 16.1. The first-order valence-electron chi connectivity index (χ1n) is 7.58. The van der Waals surface area contributed by atoms with Crippen LogP contribution in [0.15, 0.2) is 51.5 Å². The summed E-state index contributed by atoms with van der Waals surface area (Å²) in [4.78, 5) is 23.0. The van der Waals surface area contributed by atoms with Gasteiger partial charge >= 0.3 is 0 Å². The van der Waals surface area contributed by atoms with Crippen molar-refractivity contribution in [3.63, 3.8) is 0 Å². The summed E-state index contributed by atoms with van der Waals surface area (Å²) in [5.41, 5.74) is 0.604. The highest BCUT2D eigenvalue weighted by molar-refractivity contribution is 6.30. The quantitative estimate of drug-likeness (QED) is 0.483. The van der Waals surface area contributed by atoms with Gasteiger partial charge in [0.2, 0.25) is 5.90 Å². The highest BCUT2D eigenvalue weighted by Gasteiger charge is 2.33. The Kier molecular flexibility index (Phi) is 4.34. The van der Waals surface area contributed by atoms with E-state index in [1.807, 2.05) is 0 Å². The molecule has 0 unspecified atom stereocenters. The summed E-state index contributed by atoms with van der Waals surface area (Å²) >= 11 is 0. The number of ether oxygens (including phenoxy) is 1. The third-order valence-corrected chi connectivity index (χ3v) is 3.48. The van der Waals surface area contributed by atoms with Crippen LogP contribution < -0.4 is 5.01 Å². The van der Waals surface area contributed by atoms with E-state index in [2.05, 4.69) is 5.10 Å². The third-order valence-electron chi connectivity index (χ3n) is 3.48. The zero-order chi connectivity index (χ0) is 18.0. The number of furan rings is 1. The average Bonchev–Trinajstić information content (AvgIpc) is 3.13. The lowest BCUT2D eigenvalue weighted by Gasteiger charge is -2.10. The molecule has 25 heavy (non-hydrogen) atoms. The summed E-state index contributed by atoms with van der Waals surface area (Å²) < 4.78 is 10.9. The van der Waals surface area contributed by atoms with Gasteiger partial charge in [-0.25, -0.2) is 0 Å². The number of hydrogen-bond acceptors (Lipinski definition) is 6. The second-order valence-corrected chi connectivity index (χ2v) is 5.24. The number of hydrazone groups is 1. The van der Waals surface area contributed by atoms with E-state index in [0.29, 0.717) is 18.1 Å². The van der Waals surface area contributed by atoms with Crippen molar-refractivity contribution >= 4 is 29.3 Å². The molecule has 0 saturated carbocycles. The molecule has 1 amide bonds. The zero-order valence-electron chi connectivity index (χ0n) is 13.6. The van der Waals surface area contributed by atoms with Crippen molar-refractivity contribution in [1.29, 1.82) is 0 Å². The first-order valence-corrected chi connectivity index (χ1v) is 7.58. The Balaban J connectivity index is 1.95. The number of carbonyl (C=O) groups excluding carboxylic acids is 1. The van der Waals surface area contributed by atoms with E-state index >= 15 is 0 Å². The Hall–Kier alpha value is -3.42. The molecule has 8 heteroatoms. The number of anilines is 1. The standard InChI is InChI=1S/C17H15N3O5/c1-3-24-16-15(10-14-9-4-11(2)25-14)17(21)19(18-16)12-5-7-13(8-6-12)20(22)23/h4-10H,3H2,1-2H3/b15-10-. The molecule has 1 aromatic heterocycles. The Morgan fingerprint density at radius 2 is 2.00 bits per heavy atom. The molecule has 0 saturated heterocycles. The molecule has 8 nitrogen and oxygen atoms in total. The van der Waals surface area contributed by atoms with Crippen molar-refractivity contribution in [3.05, 3.63) is 63.6 Å². The van der Waals surface area contributed by atoms with Crippen LogP contribution in [0.4, 0.5) is 11.4 Å². The van der Waals surface area contributed by atoms with Gasteiger partial charge in [-0.2, -0.15) is 5.01 Å². The van der Waals surface area contributed by atoms with Gasteiger partial charge < -0.3 is 9.15 Å². The van der Waals surface area contributed by atoms with E-state index in [0.717, 1.165) is 10.8 Å². The van der Waals surface area contributed by atoms with Crippen LogP contribution >= 0.6 is 0 Å². The van der Waals surface area contributed by atoms with Crippen molar-refractivity contribution in [2.75, 3.05) is 11.6 Å². The van der Waals surface area contributed by atoms with Gasteiger partial charge in [0.15, 0.2) is 0 Å². The number of nitro benzene ring substituents is 1. The van der Waals surface area contributed by atoms with Gasteiger partial charge in [0.25, 0.3) is 11.6 Å². The largest absolute Gasteiger partial charge is 0.476 e. The van der Waals surface area contributed by atoms with Gasteiger partial charge in [0.1, 0.15) is 17.1 Å². The van der Waals surface area contributed by atoms with Crippen LogP contribution in [0.5, 0.6) is 0 Å². The van der Waals surface area contributed by atoms with E-state index in [1.165, 1.54) is 24.3 Å². The van der Waals surface area contributed by atoms with E-state index in [-0.39, 0.29) is 17.2 Å². The van der Waals surface area contributed by atoms with E-state index in [4.69, 9.17) is 9.15 Å². The number of amides is 1. The van der Waals surface area contributed by atoms with Gasteiger partial charge in [0, 0.05) is 12.1 Å². The van der Waals surface area contributed by atoms with Crippen LogP contribution in [0.2, 0.25) is 0 Å². The fourth-order valence-corrected chi connectivity index (χ4v) is 2.33. The number of carbonyl (C=O) groups is 1. The average molecular weight is 341 g/mol. The molecule has 3 rings (SSSR count). The van der Waals surface area contributed by atoms with Crippen LogP contribution in [-0.4, -0.2) is 23.3 Å². The van der Waals surface area contributed by atoms with Crippen molar-refractivity contribution in [2.24, 2.45) is 5.10 Å². The van der Waals surface area contributed by atoms with Crippen LogP contribution in [-0.2, 0) is 9.53 Å². The Labute approximate surface area is 143 Å². The van der Waals surface area contributed by atoms with Crippen molar-refractivity contribution in [1.82, 2.24) is 0 Å². The molecule has 0 aliphatic carbocycles. The van der Waals surface area contributed by atoms with Crippen molar-refractivity contribution in [2.45, 2.75) is 13.8 Å².